The normalized spacial score (nSPS) is 12.4. The number of halogens is 1. The van der Waals surface area contributed by atoms with Gasteiger partial charge in [-0.3, -0.25) is 4.79 Å². The zero-order valence-electron chi connectivity index (χ0n) is 14.0. The lowest BCUT2D eigenvalue weighted by atomic mass is 10.2. The Hall–Kier alpha value is -1.94. The third-order valence-corrected chi connectivity index (χ3v) is 6.36. The summed E-state index contributed by atoms with van der Waals surface area (Å²) in [4.78, 5) is 24.7. The summed E-state index contributed by atoms with van der Waals surface area (Å²) in [6.45, 7) is 1.34. The molecule has 0 bridgehead atoms. The van der Waals surface area contributed by atoms with Crippen molar-refractivity contribution in [1.29, 1.82) is 0 Å². The lowest BCUT2D eigenvalue weighted by Gasteiger charge is -2.12. The Morgan fingerprint density at radius 2 is 2.04 bits per heavy atom. The maximum Gasteiger partial charge on any atom is 0.338 e. The minimum Gasteiger partial charge on any atom is -0.452 e. The van der Waals surface area contributed by atoms with E-state index in [1.165, 1.54) is 30.5 Å². The van der Waals surface area contributed by atoms with Crippen LogP contribution in [0, 0.1) is 0 Å². The molecule has 140 valence electrons. The van der Waals surface area contributed by atoms with E-state index in [1.54, 1.807) is 0 Å². The van der Waals surface area contributed by atoms with E-state index in [4.69, 9.17) is 16.3 Å². The summed E-state index contributed by atoms with van der Waals surface area (Å²) in [5, 5.41) is 4.58. The largest absolute Gasteiger partial charge is 0.452 e. The molecule has 0 aliphatic heterocycles. The van der Waals surface area contributed by atoms with Gasteiger partial charge in [0.2, 0.25) is 10.0 Å². The van der Waals surface area contributed by atoms with E-state index >= 15 is 0 Å². The minimum atomic E-state index is -3.83. The summed E-state index contributed by atoms with van der Waals surface area (Å²) in [5.74, 6) is -1.29. The van der Waals surface area contributed by atoms with E-state index in [0.717, 1.165) is 10.9 Å². The summed E-state index contributed by atoms with van der Waals surface area (Å²) >= 11 is 7.37. The van der Waals surface area contributed by atoms with Crippen molar-refractivity contribution in [2.45, 2.75) is 17.9 Å². The van der Waals surface area contributed by atoms with Crippen LogP contribution in [0.15, 0.2) is 40.6 Å². The number of hydrogen-bond acceptors (Lipinski definition) is 6. The Morgan fingerprint density at radius 1 is 1.31 bits per heavy atom. The summed E-state index contributed by atoms with van der Waals surface area (Å²) in [5.41, 5.74) is -0.0256. The fraction of sp³-hybridized carbons (Fsp3) is 0.250. The molecule has 2 aromatic rings. The number of sulfonamides is 1. The molecule has 1 aromatic carbocycles. The molecule has 1 aromatic heterocycles. The van der Waals surface area contributed by atoms with Crippen LogP contribution in [0.2, 0.25) is 5.02 Å². The highest BCUT2D eigenvalue weighted by molar-refractivity contribution is 7.89. The lowest BCUT2D eigenvalue weighted by molar-refractivity contribution is -0.124. The lowest BCUT2D eigenvalue weighted by Crippen LogP contribution is -2.30. The quantitative estimate of drug-likeness (QED) is 0.674. The highest BCUT2D eigenvalue weighted by atomic mass is 35.5. The molecule has 2 rings (SSSR count). The van der Waals surface area contributed by atoms with E-state index in [2.05, 4.69) is 10.0 Å². The molecule has 0 aliphatic rings. The van der Waals surface area contributed by atoms with Crippen LogP contribution in [0.1, 0.15) is 28.2 Å². The van der Waals surface area contributed by atoms with Crippen molar-refractivity contribution in [1.82, 2.24) is 10.0 Å². The van der Waals surface area contributed by atoms with Gasteiger partial charge >= 0.3 is 5.97 Å². The number of carbonyl (C=O) groups is 2. The standard InChI is InChI=1S/C16H17ClN2O5S2/c1-10(13-4-3-7-25-13)19-15(20)9-24-16(21)11-5-6-12(17)14(8-11)26(22,23)18-2/h3-8,10,18H,9H2,1-2H3,(H,19,20). The molecule has 0 spiro atoms. The Kier molecular flexibility index (Phi) is 6.76. The van der Waals surface area contributed by atoms with Gasteiger partial charge in [-0.05, 0) is 43.6 Å². The van der Waals surface area contributed by atoms with Crippen molar-refractivity contribution in [3.63, 3.8) is 0 Å². The average molecular weight is 417 g/mol. The van der Waals surface area contributed by atoms with Crippen molar-refractivity contribution in [3.8, 4) is 0 Å². The van der Waals surface area contributed by atoms with Gasteiger partial charge in [-0.1, -0.05) is 17.7 Å². The Morgan fingerprint density at radius 3 is 2.65 bits per heavy atom. The molecule has 10 heteroatoms. The smallest absolute Gasteiger partial charge is 0.338 e. The molecule has 0 aliphatic carbocycles. The van der Waals surface area contributed by atoms with Gasteiger partial charge in [0.05, 0.1) is 16.6 Å². The first-order valence-electron chi connectivity index (χ1n) is 7.47. The zero-order chi connectivity index (χ0) is 19.3. The minimum absolute atomic E-state index is 0.0256. The third kappa shape index (κ3) is 5.04. The predicted molar refractivity (Wildman–Crippen MR) is 98.9 cm³/mol. The van der Waals surface area contributed by atoms with Crippen LogP contribution in [0.25, 0.3) is 0 Å². The molecule has 1 unspecified atom stereocenters. The first kappa shape index (κ1) is 20.4. The van der Waals surface area contributed by atoms with Crippen LogP contribution in [0.3, 0.4) is 0 Å². The number of thiophene rings is 1. The second-order valence-electron chi connectivity index (χ2n) is 5.23. The molecule has 0 saturated heterocycles. The van der Waals surface area contributed by atoms with E-state index in [9.17, 15) is 18.0 Å². The van der Waals surface area contributed by atoms with Gasteiger partial charge in [0.15, 0.2) is 6.61 Å². The molecular formula is C16H17ClN2O5S2. The maximum absolute atomic E-state index is 12.1. The van der Waals surface area contributed by atoms with E-state index in [0.29, 0.717) is 0 Å². The SMILES string of the molecule is CNS(=O)(=O)c1cc(C(=O)OCC(=O)NC(C)c2cccs2)ccc1Cl. The van der Waals surface area contributed by atoms with Crippen LogP contribution in [-0.2, 0) is 19.6 Å². The van der Waals surface area contributed by atoms with Crippen molar-refractivity contribution in [3.05, 3.63) is 51.2 Å². The van der Waals surface area contributed by atoms with Gasteiger partial charge in [0.25, 0.3) is 5.91 Å². The first-order chi connectivity index (χ1) is 12.2. The predicted octanol–water partition coefficient (Wildman–Crippen LogP) is 2.34. The van der Waals surface area contributed by atoms with E-state index in [-0.39, 0.29) is 21.5 Å². The fourth-order valence-electron chi connectivity index (χ4n) is 2.05. The van der Waals surface area contributed by atoms with Crippen molar-refractivity contribution < 1.29 is 22.7 Å². The van der Waals surface area contributed by atoms with Gasteiger partial charge < -0.3 is 10.1 Å². The molecule has 1 amide bonds. The molecule has 26 heavy (non-hydrogen) atoms. The van der Waals surface area contributed by atoms with Crippen LogP contribution >= 0.6 is 22.9 Å². The molecular weight excluding hydrogens is 400 g/mol. The third-order valence-electron chi connectivity index (χ3n) is 3.41. The maximum atomic E-state index is 12.1. The second kappa shape index (κ2) is 8.63. The number of esters is 1. The number of carbonyl (C=O) groups excluding carboxylic acids is 2. The molecule has 2 N–H and O–H groups in total. The van der Waals surface area contributed by atoms with Gasteiger partial charge in [-0.15, -0.1) is 11.3 Å². The van der Waals surface area contributed by atoms with E-state index < -0.39 is 28.5 Å². The topological polar surface area (TPSA) is 102 Å². The number of nitrogens with one attached hydrogen (secondary N) is 2. The average Bonchev–Trinajstić information content (AvgIpc) is 3.14. The first-order valence-corrected chi connectivity index (χ1v) is 10.2. The summed E-state index contributed by atoms with van der Waals surface area (Å²) in [6.07, 6.45) is 0. The monoisotopic (exact) mass is 416 g/mol. The number of amides is 1. The van der Waals surface area contributed by atoms with Crippen LogP contribution < -0.4 is 10.0 Å². The number of rotatable bonds is 7. The Bertz CT molecular complexity index is 897. The number of ether oxygens (including phenoxy) is 1. The van der Waals surface area contributed by atoms with Gasteiger partial charge in [0, 0.05) is 4.88 Å². The van der Waals surface area contributed by atoms with Crippen molar-refractivity contribution in [2.24, 2.45) is 0 Å². The molecule has 7 nitrogen and oxygen atoms in total. The van der Waals surface area contributed by atoms with Crippen LogP contribution in [0.5, 0.6) is 0 Å². The summed E-state index contributed by atoms with van der Waals surface area (Å²) in [6, 6.07) is 7.26. The molecule has 1 atom stereocenters. The summed E-state index contributed by atoms with van der Waals surface area (Å²) < 4.78 is 30.8. The fourth-order valence-corrected chi connectivity index (χ4v) is 4.04. The van der Waals surface area contributed by atoms with Crippen LogP contribution in [0.4, 0.5) is 0 Å². The van der Waals surface area contributed by atoms with Gasteiger partial charge in [0.1, 0.15) is 4.90 Å². The second-order valence-corrected chi connectivity index (χ2v) is 8.47. The number of hydrogen-bond donors (Lipinski definition) is 2. The van der Waals surface area contributed by atoms with E-state index in [1.807, 2.05) is 24.4 Å². The molecule has 0 fully saturated rings. The highest BCUT2D eigenvalue weighted by Crippen LogP contribution is 2.23. The molecule has 0 radical (unpaired) electrons. The molecule has 1 heterocycles. The Balaban J connectivity index is 2.00. The van der Waals surface area contributed by atoms with Gasteiger partial charge in [-0.25, -0.2) is 17.9 Å². The van der Waals surface area contributed by atoms with Gasteiger partial charge in [-0.2, -0.15) is 0 Å². The van der Waals surface area contributed by atoms with Crippen LogP contribution in [-0.4, -0.2) is 33.9 Å². The number of benzene rings is 1. The van der Waals surface area contributed by atoms with Crippen molar-refractivity contribution in [2.75, 3.05) is 13.7 Å². The zero-order valence-corrected chi connectivity index (χ0v) is 16.4. The molecule has 0 saturated carbocycles. The summed E-state index contributed by atoms with van der Waals surface area (Å²) in [7, 11) is -2.59. The highest BCUT2D eigenvalue weighted by Gasteiger charge is 2.20. The Labute approximate surface area is 160 Å². The van der Waals surface area contributed by atoms with Crippen molar-refractivity contribution >= 4 is 44.8 Å².